The van der Waals surface area contributed by atoms with Gasteiger partial charge in [0.2, 0.25) is 0 Å². The van der Waals surface area contributed by atoms with Crippen LogP contribution in [0.5, 0.6) is 0 Å². The number of esters is 1. The Morgan fingerprint density at radius 1 is 1.17 bits per heavy atom. The van der Waals surface area contributed by atoms with Crippen molar-refractivity contribution in [1.29, 1.82) is 0 Å². The van der Waals surface area contributed by atoms with E-state index in [9.17, 15) is 14.4 Å². The first-order chi connectivity index (χ1) is 11.5. The third-order valence-corrected chi connectivity index (χ3v) is 5.13. The Labute approximate surface area is 148 Å². The van der Waals surface area contributed by atoms with Crippen LogP contribution < -0.4 is 0 Å². The number of hydrogen-bond acceptors (Lipinski definition) is 6. The van der Waals surface area contributed by atoms with E-state index in [0.717, 1.165) is 10.4 Å². The second-order valence-corrected chi connectivity index (χ2v) is 7.44. The maximum Gasteiger partial charge on any atom is 0.306 e. The van der Waals surface area contributed by atoms with E-state index >= 15 is 0 Å². The topological polar surface area (TPSA) is 63.7 Å². The molecule has 128 valence electrons. The van der Waals surface area contributed by atoms with Crippen LogP contribution >= 0.6 is 22.7 Å². The van der Waals surface area contributed by atoms with Crippen LogP contribution in [-0.2, 0) is 20.9 Å². The summed E-state index contributed by atoms with van der Waals surface area (Å²) in [6.45, 7) is 2.11. The summed E-state index contributed by atoms with van der Waals surface area (Å²) in [5.41, 5.74) is 1.04. The zero-order chi connectivity index (χ0) is 17.5. The summed E-state index contributed by atoms with van der Waals surface area (Å²) >= 11 is 2.98. The first kappa shape index (κ1) is 18.4. The fraction of sp³-hybridized carbons (Fsp3) is 0.353. The number of ether oxygens (including phenoxy) is 1. The van der Waals surface area contributed by atoms with Crippen molar-refractivity contribution in [3.63, 3.8) is 0 Å². The van der Waals surface area contributed by atoms with E-state index in [1.165, 1.54) is 16.2 Å². The second-order valence-electron chi connectivity index (χ2n) is 5.38. The molecule has 1 amide bonds. The van der Waals surface area contributed by atoms with Crippen molar-refractivity contribution in [3.8, 4) is 0 Å². The molecule has 0 atom stereocenters. The lowest BCUT2D eigenvalue weighted by Gasteiger charge is -2.16. The maximum atomic E-state index is 11.9. The number of hydrogen-bond donors (Lipinski definition) is 0. The Hall–Kier alpha value is -1.99. The van der Waals surface area contributed by atoms with Crippen molar-refractivity contribution in [3.05, 3.63) is 44.3 Å². The van der Waals surface area contributed by atoms with Gasteiger partial charge in [-0.3, -0.25) is 14.4 Å². The predicted octanol–water partition coefficient (Wildman–Crippen LogP) is 3.28. The first-order valence-corrected chi connectivity index (χ1v) is 9.22. The van der Waals surface area contributed by atoms with Crippen molar-refractivity contribution in [1.82, 2.24) is 4.90 Å². The molecular formula is C17H19NO4S2. The summed E-state index contributed by atoms with van der Waals surface area (Å²) in [6, 6.07) is 5.58. The number of aryl methyl sites for hydroxylation is 1. The minimum absolute atomic E-state index is 0.0166. The van der Waals surface area contributed by atoms with Gasteiger partial charge in [0.1, 0.15) is 0 Å². The molecule has 0 unspecified atom stereocenters. The van der Waals surface area contributed by atoms with Crippen molar-refractivity contribution >= 4 is 40.3 Å². The number of likely N-dealkylation sites (N-methyl/N-ethyl adjacent to an activating group) is 1. The highest BCUT2D eigenvalue weighted by Gasteiger charge is 2.15. The maximum absolute atomic E-state index is 11.9. The Bertz CT molecular complexity index is 706. The lowest BCUT2D eigenvalue weighted by Crippen LogP contribution is -2.30. The number of carbonyl (C=O) groups is 3. The van der Waals surface area contributed by atoms with Gasteiger partial charge in [0.05, 0.1) is 11.3 Å². The third-order valence-electron chi connectivity index (χ3n) is 3.35. The van der Waals surface area contributed by atoms with Gasteiger partial charge in [-0.1, -0.05) is 0 Å². The number of ketones is 1. The lowest BCUT2D eigenvalue weighted by atomic mass is 10.2. The molecule has 0 aliphatic carbocycles. The van der Waals surface area contributed by atoms with Gasteiger partial charge in [-0.15, -0.1) is 11.3 Å². The Balaban J connectivity index is 1.68. The summed E-state index contributed by atoms with van der Waals surface area (Å²) in [5, 5.41) is 3.91. The molecule has 2 aromatic rings. The van der Waals surface area contributed by atoms with Gasteiger partial charge in [-0.25, -0.2) is 0 Å². The minimum atomic E-state index is -0.533. The first-order valence-electron chi connectivity index (χ1n) is 7.46. The molecule has 0 radical (unpaired) electrons. The van der Waals surface area contributed by atoms with Crippen LogP contribution in [0.25, 0.3) is 0 Å². The zero-order valence-corrected chi connectivity index (χ0v) is 15.2. The molecule has 2 aromatic heterocycles. The Morgan fingerprint density at radius 2 is 1.96 bits per heavy atom. The fourth-order valence-electron chi connectivity index (χ4n) is 1.99. The highest BCUT2D eigenvalue weighted by Crippen LogP contribution is 2.17. The molecule has 2 heterocycles. The minimum Gasteiger partial charge on any atom is -0.456 e. The van der Waals surface area contributed by atoms with E-state index in [0.29, 0.717) is 11.4 Å². The van der Waals surface area contributed by atoms with Gasteiger partial charge in [-0.05, 0) is 41.4 Å². The van der Waals surface area contributed by atoms with Crippen LogP contribution in [0.15, 0.2) is 29.0 Å². The smallest absolute Gasteiger partial charge is 0.306 e. The predicted molar refractivity (Wildman–Crippen MR) is 94.4 cm³/mol. The zero-order valence-electron chi connectivity index (χ0n) is 13.6. The van der Waals surface area contributed by atoms with Crippen LogP contribution in [0.4, 0.5) is 0 Å². The standard InChI is InChI=1S/C17H19NO4S2/c1-12-3-5-15(24-12)14(19)4-6-17(21)22-10-16(20)18(2)9-13-7-8-23-11-13/h3,5,7-8,11H,4,6,9-10H2,1-2H3. The summed E-state index contributed by atoms with van der Waals surface area (Å²) < 4.78 is 4.96. The fourth-order valence-corrected chi connectivity index (χ4v) is 3.49. The number of Topliss-reactive ketones (excluding diaryl/α,β-unsaturated/α-hetero) is 1. The molecule has 0 fully saturated rings. The van der Waals surface area contributed by atoms with Crippen molar-refractivity contribution < 1.29 is 19.1 Å². The number of thiophene rings is 2. The molecule has 0 bridgehead atoms. The molecule has 0 spiro atoms. The molecule has 0 saturated carbocycles. The summed E-state index contributed by atoms with van der Waals surface area (Å²) in [7, 11) is 1.66. The molecular weight excluding hydrogens is 346 g/mol. The van der Waals surface area contributed by atoms with E-state index in [1.807, 2.05) is 29.8 Å². The van der Waals surface area contributed by atoms with Gasteiger partial charge in [0, 0.05) is 24.9 Å². The normalized spacial score (nSPS) is 10.4. The van der Waals surface area contributed by atoms with Crippen LogP contribution in [0.2, 0.25) is 0 Å². The number of nitrogens with zero attached hydrogens (tertiary/aromatic N) is 1. The molecule has 0 aromatic carbocycles. The molecule has 0 aliphatic heterocycles. The van der Waals surface area contributed by atoms with Crippen LogP contribution in [0.3, 0.4) is 0 Å². The monoisotopic (exact) mass is 365 g/mol. The molecule has 24 heavy (non-hydrogen) atoms. The van der Waals surface area contributed by atoms with Gasteiger partial charge in [0.25, 0.3) is 5.91 Å². The molecule has 2 rings (SSSR count). The molecule has 7 heteroatoms. The van der Waals surface area contributed by atoms with E-state index in [1.54, 1.807) is 24.5 Å². The lowest BCUT2D eigenvalue weighted by molar-refractivity contribution is -0.151. The van der Waals surface area contributed by atoms with E-state index in [-0.39, 0.29) is 31.1 Å². The second kappa shape index (κ2) is 8.75. The van der Waals surface area contributed by atoms with E-state index < -0.39 is 5.97 Å². The Morgan fingerprint density at radius 3 is 2.58 bits per heavy atom. The molecule has 5 nitrogen and oxygen atoms in total. The SMILES string of the molecule is Cc1ccc(C(=O)CCC(=O)OCC(=O)N(C)Cc2ccsc2)s1. The molecule has 0 aliphatic rings. The van der Waals surface area contributed by atoms with Crippen LogP contribution in [0, 0.1) is 6.92 Å². The highest BCUT2D eigenvalue weighted by molar-refractivity contribution is 7.14. The average molecular weight is 365 g/mol. The van der Waals surface area contributed by atoms with Gasteiger partial charge >= 0.3 is 5.97 Å². The van der Waals surface area contributed by atoms with Crippen LogP contribution in [-0.4, -0.2) is 36.2 Å². The van der Waals surface area contributed by atoms with E-state index in [4.69, 9.17) is 4.74 Å². The number of carbonyl (C=O) groups excluding carboxylic acids is 3. The number of rotatable bonds is 8. The van der Waals surface area contributed by atoms with Crippen LogP contribution in [0.1, 0.15) is 33.0 Å². The van der Waals surface area contributed by atoms with Crippen molar-refractivity contribution in [2.75, 3.05) is 13.7 Å². The van der Waals surface area contributed by atoms with Gasteiger partial charge in [-0.2, -0.15) is 11.3 Å². The van der Waals surface area contributed by atoms with E-state index in [2.05, 4.69) is 0 Å². The summed E-state index contributed by atoms with van der Waals surface area (Å²) in [6.07, 6.45) is 0.0784. The quantitative estimate of drug-likeness (QED) is 0.532. The van der Waals surface area contributed by atoms with Crippen molar-refractivity contribution in [2.45, 2.75) is 26.3 Å². The number of amides is 1. The molecule has 0 saturated heterocycles. The van der Waals surface area contributed by atoms with Crippen molar-refractivity contribution in [2.24, 2.45) is 0 Å². The van der Waals surface area contributed by atoms with Gasteiger partial charge < -0.3 is 9.64 Å². The summed E-state index contributed by atoms with van der Waals surface area (Å²) in [4.78, 5) is 38.7. The van der Waals surface area contributed by atoms with Gasteiger partial charge in [0.15, 0.2) is 12.4 Å². The highest BCUT2D eigenvalue weighted by atomic mass is 32.1. The third kappa shape index (κ3) is 5.58. The summed E-state index contributed by atoms with van der Waals surface area (Å²) in [5.74, 6) is -0.880. The average Bonchev–Trinajstić information content (AvgIpc) is 3.21. The molecule has 0 N–H and O–H groups in total. The largest absolute Gasteiger partial charge is 0.456 e. The Kier molecular flexibility index (Phi) is 6.69.